The normalized spacial score (nSPS) is 29.5. The van der Waals surface area contributed by atoms with Crippen molar-refractivity contribution in [2.75, 3.05) is 0 Å². The largest absolute Gasteiger partial charge is 1.00 e. The molecule has 1 aliphatic rings. The fourth-order valence-electron chi connectivity index (χ4n) is 0.927. The van der Waals surface area contributed by atoms with Gasteiger partial charge in [-0.2, -0.15) is 0 Å². The van der Waals surface area contributed by atoms with Gasteiger partial charge in [-0.05, 0) is 0 Å². The summed E-state index contributed by atoms with van der Waals surface area (Å²) in [6.45, 7) is 6.77. The second kappa shape index (κ2) is 5.18. The van der Waals surface area contributed by atoms with Crippen LogP contribution in [0.15, 0.2) is 11.6 Å². The Morgan fingerprint density at radius 1 is 1.36 bits per heavy atom. The van der Waals surface area contributed by atoms with E-state index in [1.54, 1.807) is 30.3 Å². The van der Waals surface area contributed by atoms with Crippen molar-refractivity contribution in [2.45, 2.75) is 23.6 Å². The van der Waals surface area contributed by atoms with E-state index in [9.17, 15) is 0 Å². The van der Waals surface area contributed by atoms with Crippen molar-refractivity contribution in [2.24, 2.45) is 0 Å². The molecule has 0 aromatic rings. The van der Waals surface area contributed by atoms with E-state index < -0.39 is 0 Å². The van der Waals surface area contributed by atoms with E-state index in [1.165, 1.54) is 13.5 Å². The Balaban J connectivity index is 0. The second-order valence-corrected chi connectivity index (χ2v) is 7.97. The van der Waals surface area contributed by atoms with Gasteiger partial charge < -0.3 is 24.8 Å². The van der Waals surface area contributed by atoms with Gasteiger partial charge in [0.15, 0.2) is 0 Å². The van der Waals surface area contributed by atoms with E-state index in [1.807, 2.05) is 0 Å². The molecule has 1 heterocycles. The molecule has 0 bridgehead atoms. The predicted molar refractivity (Wildman–Crippen MR) is 39.8 cm³/mol. The van der Waals surface area contributed by atoms with Gasteiger partial charge in [0.1, 0.15) is 0 Å². The van der Waals surface area contributed by atoms with Crippen molar-refractivity contribution >= 4 is 13.5 Å². The molecular weight excluding hydrogens is 277 g/mol. The Kier molecular flexibility index (Phi) is 7.00. The summed E-state index contributed by atoms with van der Waals surface area (Å²) >= 11 is 1.64. The summed E-state index contributed by atoms with van der Waals surface area (Å²) in [5.41, 5.74) is 1.56. The molecule has 1 unspecified atom stereocenters. The van der Waals surface area contributed by atoms with E-state index in [0.29, 0.717) is 2.86 Å². The smallest absolute Gasteiger partial charge is 1.00 e. The molecule has 0 fully saturated rings. The first-order valence-electron chi connectivity index (χ1n) is 3.02. The van der Waals surface area contributed by atoms with Crippen LogP contribution in [0.1, 0.15) is 20.8 Å². The van der Waals surface area contributed by atoms with Gasteiger partial charge in [0.2, 0.25) is 0 Å². The Morgan fingerprint density at radius 2 is 1.82 bits per heavy atom. The second-order valence-electron chi connectivity index (χ2n) is 2.65. The van der Waals surface area contributed by atoms with Crippen LogP contribution in [-0.4, -0.2) is 8.16 Å². The molecule has 0 aromatic carbocycles. The number of rotatable bonds is 0. The molecule has 61 valence electrons. The monoisotopic (exact) mass is 285 g/mol. The molecule has 11 heavy (non-hydrogen) atoms. The first kappa shape index (κ1) is 14.9. The topological polar surface area (TPSA) is 0 Å². The fourth-order valence-corrected chi connectivity index (χ4v) is 3.61. The summed E-state index contributed by atoms with van der Waals surface area (Å²) < 4.78 is 0.511. The van der Waals surface area contributed by atoms with Gasteiger partial charge in [0, 0.05) is 0 Å². The first-order chi connectivity index (χ1) is 4.02. The quantitative estimate of drug-likeness (QED) is 0.403. The summed E-state index contributed by atoms with van der Waals surface area (Å²) in [5.74, 6) is 0. The van der Waals surface area contributed by atoms with Crippen LogP contribution < -0.4 is 24.8 Å². The number of hydrogen-bond acceptors (Lipinski definition) is 0. The minimum absolute atomic E-state index is 0. The van der Waals surface area contributed by atoms with Crippen LogP contribution in [0, 0.1) is 0 Å². The van der Waals surface area contributed by atoms with E-state index in [-0.39, 0.29) is 24.8 Å². The maximum absolute atomic E-state index is 2.33. The van der Waals surface area contributed by atoms with E-state index in [4.69, 9.17) is 0 Å². The van der Waals surface area contributed by atoms with Crippen molar-refractivity contribution in [3.8, 4) is 0 Å². The van der Waals surface area contributed by atoms with Crippen LogP contribution in [-0.2, 0) is 24.7 Å². The van der Waals surface area contributed by atoms with Gasteiger partial charge >= 0.3 is 73.5 Å². The first-order valence-corrected chi connectivity index (χ1v) is 5.15. The summed E-state index contributed by atoms with van der Waals surface area (Å²) in [6.07, 6.45) is 2.32. The molecule has 1 atom stereocenters. The van der Waals surface area contributed by atoms with E-state index in [2.05, 4.69) is 26.8 Å². The summed E-state index contributed by atoms with van der Waals surface area (Å²) in [4.78, 5) is 0. The molecule has 0 nitrogen and oxygen atoms in total. The summed E-state index contributed by atoms with van der Waals surface area (Å²) in [6, 6.07) is 0. The van der Waals surface area contributed by atoms with Crippen molar-refractivity contribution in [1.82, 2.24) is 0 Å². The maximum atomic E-state index is 2.33. The average Bonchev–Trinajstić information content (AvgIpc) is 1.79. The standard InChI is InChI=1S/C7H10P.2ClH.Zr/c1-5-4-6(2)8-7(5)3;;;/h4H,1-3H3;2*1H;/q;;;+2/p-2. The van der Waals surface area contributed by atoms with Crippen LogP contribution in [0.3, 0.4) is 0 Å². The third-order valence-electron chi connectivity index (χ3n) is 1.59. The number of allylic oxidation sites excluding steroid dienone is 2. The van der Waals surface area contributed by atoms with Gasteiger partial charge in [0.25, 0.3) is 0 Å². The molecule has 0 radical (unpaired) electrons. The molecule has 1 rings (SSSR count). The van der Waals surface area contributed by atoms with Crippen LogP contribution in [0.25, 0.3) is 0 Å². The maximum Gasteiger partial charge on any atom is -1.00 e. The molecule has 0 saturated heterocycles. The van der Waals surface area contributed by atoms with Gasteiger partial charge in [-0.15, -0.1) is 0 Å². The average molecular weight is 287 g/mol. The molecule has 0 aliphatic carbocycles. The molecule has 0 N–H and O–H groups in total. The SMILES string of the molecule is CC1=CC(C)=P[C]1(C)[Zr+2].[Cl-].[Cl-]. The zero-order valence-electron chi connectivity index (χ0n) is 6.78. The molecule has 0 spiro atoms. The Bertz CT molecular complexity index is 197. The van der Waals surface area contributed by atoms with Crippen molar-refractivity contribution in [3.05, 3.63) is 11.6 Å². The fraction of sp³-hybridized carbons (Fsp3) is 0.571. The molecule has 0 aromatic heterocycles. The Labute approximate surface area is 97.7 Å². The summed E-state index contributed by atoms with van der Waals surface area (Å²) in [5, 5.41) is 1.52. The third-order valence-corrected chi connectivity index (χ3v) is 4.67. The van der Waals surface area contributed by atoms with Gasteiger partial charge in [0.05, 0.1) is 0 Å². The van der Waals surface area contributed by atoms with E-state index in [0.717, 1.165) is 0 Å². The zero-order valence-corrected chi connectivity index (χ0v) is 11.6. The molecule has 0 amide bonds. The van der Waals surface area contributed by atoms with Crippen molar-refractivity contribution in [3.63, 3.8) is 0 Å². The Hall–Kier alpha value is 1.37. The minimum atomic E-state index is 0. The zero-order chi connectivity index (χ0) is 7.07. The number of hydrogen-bond donors (Lipinski definition) is 0. The van der Waals surface area contributed by atoms with Crippen molar-refractivity contribution < 1.29 is 49.5 Å². The van der Waals surface area contributed by atoms with Gasteiger partial charge in [-0.25, -0.2) is 0 Å². The van der Waals surface area contributed by atoms with Crippen LogP contribution in [0.4, 0.5) is 0 Å². The van der Waals surface area contributed by atoms with E-state index >= 15 is 0 Å². The minimum Gasteiger partial charge on any atom is -1.00 e. The molecule has 0 saturated carbocycles. The van der Waals surface area contributed by atoms with Gasteiger partial charge in [-0.1, -0.05) is 0 Å². The summed E-state index contributed by atoms with van der Waals surface area (Å²) in [7, 11) is 1.52. The predicted octanol–water partition coefficient (Wildman–Crippen LogP) is -3.64. The third kappa shape index (κ3) is 3.73. The molecule has 1 aliphatic heterocycles. The molecule has 4 heteroatoms. The van der Waals surface area contributed by atoms with Crippen molar-refractivity contribution in [1.29, 1.82) is 0 Å². The molecular formula is C7H10Cl2PZr. The Morgan fingerprint density at radius 3 is 1.91 bits per heavy atom. The number of halogens is 2. The van der Waals surface area contributed by atoms with Crippen LogP contribution in [0.5, 0.6) is 0 Å². The van der Waals surface area contributed by atoms with Crippen LogP contribution >= 0.6 is 8.20 Å². The van der Waals surface area contributed by atoms with Crippen LogP contribution in [0.2, 0.25) is 0 Å². The van der Waals surface area contributed by atoms with Gasteiger partial charge in [-0.3, -0.25) is 0 Å².